The van der Waals surface area contributed by atoms with Gasteiger partial charge in [0, 0.05) is 19.1 Å². The summed E-state index contributed by atoms with van der Waals surface area (Å²) in [6, 6.07) is 0.664. The van der Waals surface area contributed by atoms with Crippen LogP contribution in [0.4, 0.5) is 0 Å². The number of hydrogen-bond acceptors (Lipinski definition) is 2. The van der Waals surface area contributed by atoms with E-state index in [1.54, 1.807) is 0 Å². The quantitative estimate of drug-likeness (QED) is 0.800. The standard InChI is InChI=1S/C13H23NO2/c1-3-10-4-5-11(6-10)14-7-9(2)12(8-14)13(15)16/h9-12H,3-8H2,1-2H3,(H,15,16). The molecular weight excluding hydrogens is 202 g/mol. The van der Waals surface area contributed by atoms with Crippen LogP contribution in [0, 0.1) is 17.8 Å². The monoisotopic (exact) mass is 225 g/mol. The van der Waals surface area contributed by atoms with Gasteiger partial charge in [-0.05, 0) is 31.1 Å². The van der Waals surface area contributed by atoms with Gasteiger partial charge in [-0.2, -0.15) is 0 Å². The smallest absolute Gasteiger partial charge is 0.308 e. The van der Waals surface area contributed by atoms with Gasteiger partial charge in [-0.15, -0.1) is 0 Å². The van der Waals surface area contributed by atoms with Gasteiger partial charge in [0.2, 0.25) is 0 Å². The molecule has 1 saturated carbocycles. The van der Waals surface area contributed by atoms with E-state index in [0.717, 1.165) is 19.0 Å². The molecule has 0 aromatic rings. The Morgan fingerprint density at radius 2 is 2.12 bits per heavy atom. The van der Waals surface area contributed by atoms with Crippen molar-refractivity contribution in [2.45, 2.75) is 45.6 Å². The van der Waals surface area contributed by atoms with Crippen molar-refractivity contribution < 1.29 is 9.90 Å². The lowest BCUT2D eigenvalue weighted by Gasteiger charge is -2.23. The van der Waals surface area contributed by atoms with Crippen LogP contribution < -0.4 is 0 Å². The maximum Gasteiger partial charge on any atom is 0.308 e. The zero-order valence-corrected chi connectivity index (χ0v) is 10.4. The third kappa shape index (κ3) is 2.24. The van der Waals surface area contributed by atoms with Crippen LogP contribution in [0.15, 0.2) is 0 Å². The molecular formula is C13H23NO2. The molecule has 92 valence electrons. The number of aliphatic carboxylic acids is 1. The molecule has 0 aromatic carbocycles. The minimum atomic E-state index is -0.611. The fourth-order valence-corrected chi connectivity index (χ4v) is 3.37. The number of carboxylic acid groups (broad SMARTS) is 1. The van der Waals surface area contributed by atoms with E-state index in [0.29, 0.717) is 12.0 Å². The first-order valence-electron chi connectivity index (χ1n) is 6.58. The summed E-state index contributed by atoms with van der Waals surface area (Å²) in [7, 11) is 0. The molecule has 1 aliphatic heterocycles. The summed E-state index contributed by atoms with van der Waals surface area (Å²) >= 11 is 0. The van der Waals surface area contributed by atoms with Crippen molar-refractivity contribution in [1.82, 2.24) is 4.90 Å². The van der Waals surface area contributed by atoms with Crippen LogP contribution in [0.3, 0.4) is 0 Å². The van der Waals surface area contributed by atoms with Crippen molar-refractivity contribution in [2.24, 2.45) is 17.8 Å². The van der Waals surface area contributed by atoms with Crippen molar-refractivity contribution in [3.05, 3.63) is 0 Å². The van der Waals surface area contributed by atoms with Gasteiger partial charge >= 0.3 is 5.97 Å². The highest BCUT2D eigenvalue weighted by Crippen LogP contribution is 2.35. The molecule has 16 heavy (non-hydrogen) atoms. The highest BCUT2D eigenvalue weighted by molar-refractivity contribution is 5.71. The van der Waals surface area contributed by atoms with E-state index in [2.05, 4.69) is 18.7 Å². The Morgan fingerprint density at radius 3 is 2.62 bits per heavy atom. The van der Waals surface area contributed by atoms with Gasteiger partial charge in [-0.3, -0.25) is 9.69 Å². The summed E-state index contributed by atoms with van der Waals surface area (Å²) in [6.45, 7) is 6.10. The van der Waals surface area contributed by atoms with Crippen molar-refractivity contribution in [1.29, 1.82) is 0 Å². The number of carboxylic acids is 1. The maximum absolute atomic E-state index is 11.1. The fraction of sp³-hybridized carbons (Fsp3) is 0.923. The summed E-state index contributed by atoms with van der Waals surface area (Å²) in [6.07, 6.45) is 5.18. The van der Waals surface area contributed by atoms with E-state index < -0.39 is 5.97 Å². The topological polar surface area (TPSA) is 40.5 Å². The Kier molecular flexibility index (Phi) is 3.53. The Balaban J connectivity index is 1.91. The molecule has 1 saturated heterocycles. The first kappa shape index (κ1) is 11.9. The minimum Gasteiger partial charge on any atom is -0.481 e. The molecule has 4 unspecified atom stereocenters. The third-order valence-electron chi connectivity index (χ3n) is 4.57. The normalized spacial score (nSPS) is 40.4. The van der Waals surface area contributed by atoms with Gasteiger partial charge < -0.3 is 5.11 Å². The first-order chi connectivity index (χ1) is 7.61. The van der Waals surface area contributed by atoms with Gasteiger partial charge in [0.05, 0.1) is 5.92 Å². The molecule has 3 heteroatoms. The number of nitrogens with zero attached hydrogens (tertiary/aromatic N) is 1. The third-order valence-corrected chi connectivity index (χ3v) is 4.57. The number of rotatable bonds is 3. The highest BCUT2D eigenvalue weighted by atomic mass is 16.4. The molecule has 0 amide bonds. The summed E-state index contributed by atoms with van der Waals surface area (Å²) in [5.74, 6) is 0.447. The number of carbonyl (C=O) groups is 1. The molecule has 4 atom stereocenters. The van der Waals surface area contributed by atoms with Crippen molar-refractivity contribution in [3.63, 3.8) is 0 Å². The van der Waals surface area contributed by atoms with Gasteiger partial charge in [0.1, 0.15) is 0 Å². The van der Waals surface area contributed by atoms with Gasteiger partial charge in [-0.1, -0.05) is 20.3 Å². The van der Waals surface area contributed by atoms with Gasteiger partial charge in [-0.25, -0.2) is 0 Å². The molecule has 0 spiro atoms. The van der Waals surface area contributed by atoms with Gasteiger partial charge in [0.25, 0.3) is 0 Å². The Bertz CT molecular complexity index is 267. The van der Waals surface area contributed by atoms with Crippen LogP contribution in [-0.4, -0.2) is 35.1 Å². The predicted octanol–water partition coefficient (Wildman–Crippen LogP) is 2.22. The lowest BCUT2D eigenvalue weighted by Crippen LogP contribution is -2.32. The fourth-order valence-electron chi connectivity index (χ4n) is 3.37. The van der Waals surface area contributed by atoms with Crippen molar-refractivity contribution >= 4 is 5.97 Å². The summed E-state index contributed by atoms with van der Waals surface area (Å²) in [5, 5.41) is 9.12. The maximum atomic E-state index is 11.1. The summed E-state index contributed by atoms with van der Waals surface area (Å²) in [5.41, 5.74) is 0. The molecule has 0 radical (unpaired) electrons. The average molecular weight is 225 g/mol. The zero-order chi connectivity index (χ0) is 11.7. The molecule has 0 bridgehead atoms. The van der Waals surface area contributed by atoms with Crippen LogP contribution >= 0.6 is 0 Å². The largest absolute Gasteiger partial charge is 0.481 e. The first-order valence-corrected chi connectivity index (χ1v) is 6.58. The Morgan fingerprint density at radius 1 is 1.38 bits per heavy atom. The zero-order valence-electron chi connectivity index (χ0n) is 10.4. The summed E-state index contributed by atoms with van der Waals surface area (Å²) in [4.78, 5) is 13.5. The van der Waals surface area contributed by atoms with Crippen LogP contribution in [0.5, 0.6) is 0 Å². The van der Waals surface area contributed by atoms with E-state index in [-0.39, 0.29) is 5.92 Å². The molecule has 1 N–H and O–H groups in total. The second-order valence-corrected chi connectivity index (χ2v) is 5.62. The van der Waals surface area contributed by atoms with Gasteiger partial charge in [0.15, 0.2) is 0 Å². The average Bonchev–Trinajstić information content (AvgIpc) is 2.83. The van der Waals surface area contributed by atoms with E-state index in [1.165, 1.54) is 25.7 Å². The molecule has 3 nitrogen and oxygen atoms in total. The SMILES string of the molecule is CCC1CCC(N2CC(C)C(C(=O)O)C2)C1. The van der Waals surface area contributed by atoms with Crippen molar-refractivity contribution in [3.8, 4) is 0 Å². The minimum absolute atomic E-state index is 0.138. The van der Waals surface area contributed by atoms with E-state index in [1.807, 2.05) is 0 Å². The van der Waals surface area contributed by atoms with E-state index in [9.17, 15) is 4.79 Å². The van der Waals surface area contributed by atoms with E-state index in [4.69, 9.17) is 5.11 Å². The van der Waals surface area contributed by atoms with E-state index >= 15 is 0 Å². The lowest BCUT2D eigenvalue weighted by atomic mass is 9.99. The number of likely N-dealkylation sites (tertiary alicyclic amines) is 1. The molecule has 2 fully saturated rings. The van der Waals surface area contributed by atoms with Crippen LogP contribution in [0.1, 0.15) is 39.5 Å². The molecule has 0 aromatic heterocycles. The lowest BCUT2D eigenvalue weighted by molar-refractivity contribution is -0.142. The van der Waals surface area contributed by atoms with Crippen LogP contribution in [0.25, 0.3) is 0 Å². The Hall–Kier alpha value is -0.570. The second-order valence-electron chi connectivity index (χ2n) is 5.62. The molecule has 2 aliphatic rings. The molecule has 2 rings (SSSR count). The molecule has 1 aliphatic carbocycles. The molecule has 1 heterocycles. The van der Waals surface area contributed by atoms with Crippen LogP contribution in [0.2, 0.25) is 0 Å². The highest BCUT2D eigenvalue weighted by Gasteiger charge is 2.39. The predicted molar refractivity (Wildman–Crippen MR) is 63.3 cm³/mol. The Labute approximate surface area is 97.8 Å². The van der Waals surface area contributed by atoms with Crippen molar-refractivity contribution in [2.75, 3.05) is 13.1 Å². The van der Waals surface area contributed by atoms with Crippen LogP contribution in [-0.2, 0) is 4.79 Å². The second kappa shape index (κ2) is 4.74. The summed E-state index contributed by atoms with van der Waals surface area (Å²) < 4.78 is 0. The number of hydrogen-bond donors (Lipinski definition) is 1.